The second-order valence-corrected chi connectivity index (χ2v) is 7.44. The first-order valence-corrected chi connectivity index (χ1v) is 10.1. The molecule has 0 bridgehead atoms. The van der Waals surface area contributed by atoms with Crippen molar-refractivity contribution in [2.45, 2.75) is 94.0 Å². The van der Waals surface area contributed by atoms with Crippen LogP contribution in [0.1, 0.15) is 32.6 Å². The van der Waals surface area contributed by atoms with E-state index in [-0.39, 0.29) is 6.61 Å². The highest BCUT2D eigenvalue weighted by Crippen LogP contribution is 2.29. The second-order valence-electron chi connectivity index (χ2n) is 7.44. The zero-order valence-corrected chi connectivity index (χ0v) is 16.5. The predicted octanol–water partition coefficient (Wildman–Crippen LogP) is -2.79. The molecule has 11 heteroatoms. The maximum Gasteiger partial charge on any atom is 0.187 e. The number of hydrogen-bond acceptors (Lipinski definition) is 11. The lowest BCUT2D eigenvalue weighted by Crippen LogP contribution is -2.64. The Balaban J connectivity index is 2.07. The molecular weight excluding hydrogens is 392 g/mol. The molecule has 0 aliphatic carbocycles. The van der Waals surface area contributed by atoms with Crippen LogP contribution in [0, 0.1) is 0 Å². The Labute approximate surface area is 169 Å². The summed E-state index contributed by atoms with van der Waals surface area (Å²) in [5, 5.41) is 69.2. The molecule has 2 saturated heterocycles. The molecule has 11 nitrogen and oxygen atoms in total. The molecule has 172 valence electrons. The van der Waals surface area contributed by atoms with Gasteiger partial charge in [0.1, 0.15) is 48.8 Å². The summed E-state index contributed by atoms with van der Waals surface area (Å²) in [5.74, 6) is 0. The minimum atomic E-state index is -1.68. The van der Waals surface area contributed by atoms with E-state index in [1.54, 1.807) is 0 Å². The van der Waals surface area contributed by atoms with Crippen LogP contribution < -0.4 is 0 Å². The summed E-state index contributed by atoms with van der Waals surface area (Å²) >= 11 is 0. The molecule has 0 aromatic heterocycles. The van der Waals surface area contributed by atoms with Gasteiger partial charge in [-0.1, -0.05) is 26.2 Å². The van der Waals surface area contributed by atoms with Crippen LogP contribution in [0.25, 0.3) is 0 Å². The van der Waals surface area contributed by atoms with Gasteiger partial charge in [-0.05, 0) is 6.42 Å². The standard InChI is InChI=1S/C18H34O11/c1-2-3-4-5-6-26-18-16(14(24)12(22)10(8-20)28-18)29-17-15(25)13(23)11(21)9(7-19)27-17/h9-25H,2-8H2,1H3/t9-,10-,11-,12-,13+,14+,15-,16-,17?,18?/m1/s1. The fourth-order valence-corrected chi connectivity index (χ4v) is 3.40. The van der Waals surface area contributed by atoms with E-state index in [1.807, 2.05) is 0 Å². The summed E-state index contributed by atoms with van der Waals surface area (Å²) < 4.78 is 22.0. The Hall–Kier alpha value is -0.440. The van der Waals surface area contributed by atoms with Crippen LogP contribution in [0.4, 0.5) is 0 Å². The largest absolute Gasteiger partial charge is 0.394 e. The van der Waals surface area contributed by atoms with E-state index in [9.17, 15) is 35.7 Å². The lowest BCUT2D eigenvalue weighted by molar-refractivity contribution is -0.367. The van der Waals surface area contributed by atoms with Crippen LogP contribution in [0.5, 0.6) is 0 Å². The Kier molecular flexibility index (Phi) is 10.1. The molecule has 2 aliphatic rings. The van der Waals surface area contributed by atoms with Gasteiger partial charge in [-0.25, -0.2) is 0 Å². The molecule has 2 rings (SSSR count). The molecule has 0 spiro atoms. The smallest absolute Gasteiger partial charge is 0.187 e. The third kappa shape index (κ3) is 6.05. The fourth-order valence-electron chi connectivity index (χ4n) is 3.40. The number of unbranched alkanes of at least 4 members (excludes halogenated alkanes) is 3. The van der Waals surface area contributed by atoms with E-state index in [2.05, 4.69) is 6.92 Å². The Bertz CT molecular complexity index is 465. The summed E-state index contributed by atoms with van der Waals surface area (Å²) in [6.45, 7) is 1.15. The molecule has 2 aliphatic heterocycles. The van der Waals surface area contributed by atoms with E-state index >= 15 is 0 Å². The number of aliphatic hydroxyl groups excluding tert-OH is 7. The van der Waals surface area contributed by atoms with Crippen LogP contribution in [-0.2, 0) is 18.9 Å². The summed E-state index contributed by atoms with van der Waals surface area (Å²) in [6.07, 6.45) is -10.5. The van der Waals surface area contributed by atoms with Crippen molar-refractivity contribution >= 4 is 0 Å². The van der Waals surface area contributed by atoms with E-state index in [0.29, 0.717) is 0 Å². The summed E-state index contributed by atoms with van der Waals surface area (Å²) in [5.41, 5.74) is 0. The normalized spacial score (nSPS) is 43.4. The van der Waals surface area contributed by atoms with Crippen LogP contribution in [0.3, 0.4) is 0 Å². The van der Waals surface area contributed by atoms with Gasteiger partial charge in [0.15, 0.2) is 12.6 Å². The van der Waals surface area contributed by atoms with Crippen molar-refractivity contribution in [3.8, 4) is 0 Å². The molecule has 2 fully saturated rings. The fraction of sp³-hybridized carbons (Fsp3) is 1.00. The van der Waals surface area contributed by atoms with Crippen molar-refractivity contribution in [3.63, 3.8) is 0 Å². The predicted molar refractivity (Wildman–Crippen MR) is 96.5 cm³/mol. The highest BCUT2D eigenvalue weighted by atomic mass is 16.8. The zero-order valence-electron chi connectivity index (χ0n) is 16.5. The molecule has 0 aromatic carbocycles. The minimum absolute atomic E-state index is 0.278. The van der Waals surface area contributed by atoms with Crippen LogP contribution >= 0.6 is 0 Å². The minimum Gasteiger partial charge on any atom is -0.394 e. The van der Waals surface area contributed by atoms with Crippen molar-refractivity contribution in [3.05, 3.63) is 0 Å². The number of aliphatic hydroxyl groups is 7. The summed E-state index contributed by atoms with van der Waals surface area (Å²) in [6, 6.07) is 0. The number of hydrogen-bond donors (Lipinski definition) is 7. The number of ether oxygens (including phenoxy) is 4. The van der Waals surface area contributed by atoms with Crippen molar-refractivity contribution in [1.29, 1.82) is 0 Å². The lowest BCUT2D eigenvalue weighted by atomic mass is 9.97. The monoisotopic (exact) mass is 426 g/mol. The third-order valence-corrected chi connectivity index (χ3v) is 5.24. The molecule has 0 saturated carbocycles. The van der Waals surface area contributed by atoms with Gasteiger partial charge in [-0.2, -0.15) is 0 Å². The van der Waals surface area contributed by atoms with E-state index in [4.69, 9.17) is 18.9 Å². The van der Waals surface area contributed by atoms with Gasteiger partial charge in [0.2, 0.25) is 0 Å². The van der Waals surface area contributed by atoms with Gasteiger partial charge in [0.25, 0.3) is 0 Å². The lowest BCUT2D eigenvalue weighted by Gasteiger charge is -2.45. The SMILES string of the molecule is CCCCCCOC1O[C@H](CO)[C@@H](O)[C@H](O)[C@H]1OC1O[C@H](CO)[C@@H](O)[C@H](O)[C@H]1O. The van der Waals surface area contributed by atoms with Gasteiger partial charge < -0.3 is 54.7 Å². The van der Waals surface area contributed by atoms with Crippen LogP contribution in [0.2, 0.25) is 0 Å². The highest BCUT2D eigenvalue weighted by Gasteiger charge is 2.50. The molecular formula is C18H34O11. The summed E-state index contributed by atoms with van der Waals surface area (Å²) in [7, 11) is 0. The molecule has 7 N–H and O–H groups in total. The molecule has 2 heterocycles. The summed E-state index contributed by atoms with van der Waals surface area (Å²) in [4.78, 5) is 0. The van der Waals surface area contributed by atoms with E-state index in [1.165, 1.54) is 0 Å². The Morgan fingerprint density at radius 3 is 1.86 bits per heavy atom. The van der Waals surface area contributed by atoms with E-state index in [0.717, 1.165) is 25.7 Å². The quantitative estimate of drug-likeness (QED) is 0.180. The highest BCUT2D eigenvalue weighted by molar-refractivity contribution is 4.93. The average Bonchev–Trinajstić information content (AvgIpc) is 2.72. The van der Waals surface area contributed by atoms with Gasteiger partial charge in [0, 0.05) is 6.61 Å². The number of rotatable bonds is 10. The van der Waals surface area contributed by atoms with Gasteiger partial charge in [0.05, 0.1) is 13.2 Å². The van der Waals surface area contributed by atoms with Crippen molar-refractivity contribution < 1.29 is 54.7 Å². The third-order valence-electron chi connectivity index (χ3n) is 5.24. The first-order valence-electron chi connectivity index (χ1n) is 10.1. The van der Waals surface area contributed by atoms with Crippen molar-refractivity contribution in [2.75, 3.05) is 19.8 Å². The molecule has 0 radical (unpaired) electrons. The van der Waals surface area contributed by atoms with Crippen molar-refractivity contribution in [2.24, 2.45) is 0 Å². The molecule has 0 amide bonds. The zero-order chi connectivity index (χ0) is 21.6. The molecule has 0 aromatic rings. The Morgan fingerprint density at radius 2 is 1.28 bits per heavy atom. The first kappa shape index (κ1) is 24.8. The molecule has 10 atom stereocenters. The maximum atomic E-state index is 10.5. The van der Waals surface area contributed by atoms with Gasteiger partial charge in [-0.3, -0.25) is 0 Å². The van der Waals surface area contributed by atoms with Gasteiger partial charge >= 0.3 is 0 Å². The average molecular weight is 426 g/mol. The second kappa shape index (κ2) is 11.8. The first-order chi connectivity index (χ1) is 13.8. The molecule has 2 unspecified atom stereocenters. The van der Waals surface area contributed by atoms with E-state index < -0.39 is 74.6 Å². The van der Waals surface area contributed by atoms with Crippen LogP contribution in [-0.4, -0.2) is 117 Å². The van der Waals surface area contributed by atoms with Crippen molar-refractivity contribution in [1.82, 2.24) is 0 Å². The molecule has 29 heavy (non-hydrogen) atoms. The van der Waals surface area contributed by atoms with Crippen LogP contribution in [0.15, 0.2) is 0 Å². The topological polar surface area (TPSA) is 179 Å². The van der Waals surface area contributed by atoms with Gasteiger partial charge in [-0.15, -0.1) is 0 Å². The maximum absolute atomic E-state index is 10.5. The Morgan fingerprint density at radius 1 is 0.690 bits per heavy atom.